The zero-order valence-corrected chi connectivity index (χ0v) is 9.80. The van der Waals surface area contributed by atoms with Gasteiger partial charge in [-0.25, -0.2) is 13.1 Å². The molecule has 2 N–H and O–H groups in total. The standard InChI is InChI=1S/C9H17NO4S/c1-9(2)5-7(9)6-10-15(13,14)4-3-8(11)12/h7,10H,3-6H2,1-2H3,(H,11,12). The molecule has 1 fully saturated rings. The first-order chi connectivity index (χ1) is 6.73. The van der Waals surface area contributed by atoms with Crippen molar-refractivity contribution in [1.29, 1.82) is 0 Å². The summed E-state index contributed by atoms with van der Waals surface area (Å²) in [6.45, 7) is 4.60. The zero-order chi connectivity index (χ0) is 11.7. The Balaban J connectivity index is 2.28. The third-order valence-corrected chi connectivity index (χ3v) is 4.20. The number of carbonyl (C=O) groups is 1. The molecule has 0 aromatic heterocycles. The van der Waals surface area contributed by atoms with Crippen molar-refractivity contribution in [2.45, 2.75) is 26.7 Å². The number of hydrogen-bond acceptors (Lipinski definition) is 3. The van der Waals surface area contributed by atoms with Crippen molar-refractivity contribution < 1.29 is 18.3 Å². The van der Waals surface area contributed by atoms with Crippen LogP contribution in [-0.2, 0) is 14.8 Å². The number of rotatable bonds is 6. The molecule has 0 heterocycles. The summed E-state index contributed by atoms with van der Waals surface area (Å²) in [5.41, 5.74) is 0.231. The number of aliphatic carboxylic acids is 1. The number of carboxylic acids is 1. The second-order valence-electron chi connectivity index (χ2n) is 4.70. The third-order valence-electron chi connectivity index (χ3n) is 2.85. The van der Waals surface area contributed by atoms with E-state index in [4.69, 9.17) is 5.11 Å². The monoisotopic (exact) mass is 235 g/mol. The van der Waals surface area contributed by atoms with Crippen LogP contribution in [-0.4, -0.2) is 31.8 Å². The fourth-order valence-electron chi connectivity index (χ4n) is 1.45. The van der Waals surface area contributed by atoms with E-state index in [9.17, 15) is 13.2 Å². The summed E-state index contributed by atoms with van der Waals surface area (Å²) in [5.74, 6) is -1.04. The second-order valence-corrected chi connectivity index (χ2v) is 6.63. The van der Waals surface area contributed by atoms with Crippen LogP contribution < -0.4 is 4.72 Å². The maximum Gasteiger partial charge on any atom is 0.304 e. The van der Waals surface area contributed by atoms with Crippen LogP contribution in [0.25, 0.3) is 0 Å². The van der Waals surface area contributed by atoms with E-state index in [0.29, 0.717) is 12.5 Å². The largest absolute Gasteiger partial charge is 0.481 e. The number of nitrogens with one attached hydrogen (secondary N) is 1. The van der Waals surface area contributed by atoms with Gasteiger partial charge in [0, 0.05) is 6.54 Å². The van der Waals surface area contributed by atoms with E-state index in [0.717, 1.165) is 6.42 Å². The summed E-state index contributed by atoms with van der Waals surface area (Å²) >= 11 is 0. The van der Waals surface area contributed by atoms with Gasteiger partial charge in [-0.2, -0.15) is 0 Å². The minimum Gasteiger partial charge on any atom is -0.481 e. The lowest BCUT2D eigenvalue weighted by atomic mass is 10.1. The van der Waals surface area contributed by atoms with Gasteiger partial charge in [0.1, 0.15) is 0 Å². The molecule has 0 aromatic carbocycles. The Morgan fingerprint density at radius 3 is 2.47 bits per heavy atom. The molecule has 0 spiro atoms. The molecule has 1 rings (SSSR count). The molecule has 0 aromatic rings. The van der Waals surface area contributed by atoms with Crippen molar-refractivity contribution in [3.05, 3.63) is 0 Å². The Labute approximate surface area is 89.9 Å². The normalized spacial score (nSPS) is 23.7. The Morgan fingerprint density at radius 1 is 1.53 bits per heavy atom. The number of hydrogen-bond donors (Lipinski definition) is 2. The van der Waals surface area contributed by atoms with Crippen LogP contribution in [0.15, 0.2) is 0 Å². The highest BCUT2D eigenvalue weighted by molar-refractivity contribution is 7.89. The predicted octanol–water partition coefficient (Wildman–Crippen LogP) is 0.427. The van der Waals surface area contributed by atoms with Gasteiger partial charge in [-0.1, -0.05) is 13.8 Å². The lowest BCUT2D eigenvalue weighted by Gasteiger charge is -2.06. The van der Waals surface area contributed by atoms with E-state index in [1.165, 1.54) is 0 Å². The Bertz CT molecular complexity index is 347. The average Bonchev–Trinajstić information content (AvgIpc) is 2.68. The highest BCUT2D eigenvalue weighted by Gasteiger charge is 2.45. The molecule has 1 atom stereocenters. The van der Waals surface area contributed by atoms with Gasteiger partial charge in [-0.15, -0.1) is 0 Å². The zero-order valence-electron chi connectivity index (χ0n) is 8.99. The van der Waals surface area contributed by atoms with Gasteiger partial charge in [-0.05, 0) is 17.8 Å². The quantitative estimate of drug-likeness (QED) is 0.699. The first kappa shape index (κ1) is 12.4. The SMILES string of the molecule is CC1(C)CC1CNS(=O)(=O)CCC(=O)O. The third kappa shape index (κ3) is 4.17. The van der Waals surface area contributed by atoms with Crippen molar-refractivity contribution >= 4 is 16.0 Å². The van der Waals surface area contributed by atoms with E-state index >= 15 is 0 Å². The molecule has 1 unspecified atom stereocenters. The summed E-state index contributed by atoms with van der Waals surface area (Å²) in [4.78, 5) is 10.2. The van der Waals surface area contributed by atoms with Gasteiger partial charge in [0.2, 0.25) is 10.0 Å². The van der Waals surface area contributed by atoms with Crippen molar-refractivity contribution in [3.63, 3.8) is 0 Å². The fraction of sp³-hybridized carbons (Fsp3) is 0.889. The Morgan fingerprint density at radius 2 is 2.07 bits per heavy atom. The van der Waals surface area contributed by atoms with E-state index < -0.39 is 16.0 Å². The smallest absolute Gasteiger partial charge is 0.304 e. The summed E-state index contributed by atoms with van der Waals surface area (Å²) in [6, 6.07) is 0. The minimum absolute atomic E-state index is 0.231. The predicted molar refractivity (Wildman–Crippen MR) is 55.9 cm³/mol. The summed E-state index contributed by atoms with van der Waals surface area (Å²) in [5, 5.41) is 8.36. The molecule has 1 aliphatic carbocycles. The van der Waals surface area contributed by atoms with Gasteiger partial charge in [0.15, 0.2) is 0 Å². The van der Waals surface area contributed by atoms with E-state index in [2.05, 4.69) is 18.6 Å². The number of carboxylic acid groups (broad SMARTS) is 1. The van der Waals surface area contributed by atoms with Crippen LogP contribution in [0.4, 0.5) is 0 Å². The molecular weight excluding hydrogens is 218 g/mol. The summed E-state index contributed by atoms with van der Waals surface area (Å²) in [7, 11) is -3.41. The second kappa shape index (κ2) is 4.09. The Kier molecular flexibility index (Phi) is 3.40. The van der Waals surface area contributed by atoms with Crippen molar-refractivity contribution in [2.24, 2.45) is 11.3 Å². The van der Waals surface area contributed by atoms with Crippen LogP contribution >= 0.6 is 0 Å². The van der Waals surface area contributed by atoms with E-state index in [1.807, 2.05) is 0 Å². The molecule has 6 heteroatoms. The van der Waals surface area contributed by atoms with Gasteiger partial charge < -0.3 is 5.11 Å². The van der Waals surface area contributed by atoms with Gasteiger partial charge >= 0.3 is 5.97 Å². The molecule has 0 bridgehead atoms. The first-order valence-electron chi connectivity index (χ1n) is 4.92. The lowest BCUT2D eigenvalue weighted by Crippen LogP contribution is -2.30. The molecule has 1 saturated carbocycles. The van der Waals surface area contributed by atoms with Crippen molar-refractivity contribution in [3.8, 4) is 0 Å². The number of sulfonamides is 1. The molecule has 0 saturated heterocycles. The van der Waals surface area contributed by atoms with E-state index in [1.54, 1.807) is 0 Å². The average molecular weight is 235 g/mol. The highest BCUT2D eigenvalue weighted by Crippen LogP contribution is 2.51. The van der Waals surface area contributed by atoms with Crippen molar-refractivity contribution in [1.82, 2.24) is 4.72 Å². The van der Waals surface area contributed by atoms with Crippen LogP contribution in [0.2, 0.25) is 0 Å². The van der Waals surface area contributed by atoms with Gasteiger partial charge in [0.05, 0.1) is 12.2 Å². The summed E-state index contributed by atoms with van der Waals surface area (Å²) < 4.78 is 25.0. The maximum atomic E-state index is 11.3. The molecule has 15 heavy (non-hydrogen) atoms. The van der Waals surface area contributed by atoms with E-state index in [-0.39, 0.29) is 17.6 Å². The van der Waals surface area contributed by atoms with Crippen molar-refractivity contribution in [2.75, 3.05) is 12.3 Å². The van der Waals surface area contributed by atoms with Gasteiger partial charge in [-0.3, -0.25) is 4.79 Å². The van der Waals surface area contributed by atoms with Gasteiger partial charge in [0.25, 0.3) is 0 Å². The molecular formula is C9H17NO4S. The summed E-state index contributed by atoms with van der Waals surface area (Å²) in [6.07, 6.45) is 0.678. The maximum absolute atomic E-state index is 11.3. The molecule has 0 aliphatic heterocycles. The first-order valence-corrected chi connectivity index (χ1v) is 6.57. The van der Waals surface area contributed by atoms with Crippen LogP contribution in [0.1, 0.15) is 26.7 Å². The molecule has 5 nitrogen and oxygen atoms in total. The van der Waals surface area contributed by atoms with Crippen LogP contribution in [0.3, 0.4) is 0 Å². The Hall–Kier alpha value is -0.620. The van der Waals surface area contributed by atoms with Crippen LogP contribution in [0, 0.1) is 11.3 Å². The fourth-order valence-corrected chi connectivity index (χ4v) is 2.49. The minimum atomic E-state index is -3.41. The molecule has 1 aliphatic rings. The highest BCUT2D eigenvalue weighted by atomic mass is 32.2. The van der Waals surface area contributed by atoms with Crippen LogP contribution in [0.5, 0.6) is 0 Å². The molecule has 0 amide bonds. The lowest BCUT2D eigenvalue weighted by molar-refractivity contribution is -0.136. The topological polar surface area (TPSA) is 83.5 Å². The molecule has 88 valence electrons. The molecule has 0 radical (unpaired) electrons.